The Morgan fingerprint density at radius 2 is 2.07 bits per heavy atom. The predicted molar refractivity (Wildman–Crippen MR) is 53.9 cm³/mol. The third-order valence-electron chi connectivity index (χ3n) is 3.16. The van der Waals surface area contributed by atoms with Gasteiger partial charge in [-0.2, -0.15) is 0 Å². The number of ether oxygens (including phenoxy) is 2. The van der Waals surface area contributed by atoms with Crippen LogP contribution in [0.25, 0.3) is 0 Å². The standard InChI is InChI=1S/C11H20O3/c1-4-8-6-5-7-9(12)10(8)11(13-2)14-3/h8,10-11H,4-7H2,1-3H3/t8-,10+/m1/s1. The molecule has 0 aromatic heterocycles. The Bertz CT molecular complexity index is 179. The normalized spacial score (nSPS) is 28.4. The van der Waals surface area contributed by atoms with Gasteiger partial charge in [0.25, 0.3) is 0 Å². The second-order valence-corrected chi connectivity index (χ2v) is 3.89. The Morgan fingerprint density at radius 3 is 2.57 bits per heavy atom. The fourth-order valence-electron chi connectivity index (χ4n) is 2.37. The first-order valence-corrected chi connectivity index (χ1v) is 5.32. The molecule has 3 nitrogen and oxygen atoms in total. The molecule has 1 saturated carbocycles. The van der Waals surface area contributed by atoms with Gasteiger partial charge in [-0.05, 0) is 18.8 Å². The molecule has 0 heterocycles. The average Bonchev–Trinajstić information content (AvgIpc) is 2.22. The summed E-state index contributed by atoms with van der Waals surface area (Å²) in [5.41, 5.74) is 0. The van der Waals surface area contributed by atoms with E-state index in [1.54, 1.807) is 14.2 Å². The van der Waals surface area contributed by atoms with E-state index < -0.39 is 0 Å². The van der Waals surface area contributed by atoms with Crippen molar-refractivity contribution in [3.8, 4) is 0 Å². The first-order valence-electron chi connectivity index (χ1n) is 5.32. The van der Waals surface area contributed by atoms with Crippen LogP contribution >= 0.6 is 0 Å². The molecule has 0 saturated heterocycles. The van der Waals surface area contributed by atoms with Crippen molar-refractivity contribution < 1.29 is 14.3 Å². The van der Waals surface area contributed by atoms with Gasteiger partial charge in [0.1, 0.15) is 5.78 Å². The number of methoxy groups -OCH3 is 2. The summed E-state index contributed by atoms with van der Waals surface area (Å²) in [6.45, 7) is 2.12. The summed E-state index contributed by atoms with van der Waals surface area (Å²) >= 11 is 0. The minimum absolute atomic E-state index is 0.0521. The predicted octanol–water partition coefficient (Wildman–Crippen LogP) is 2.00. The van der Waals surface area contributed by atoms with Gasteiger partial charge in [-0.3, -0.25) is 4.79 Å². The maximum Gasteiger partial charge on any atom is 0.166 e. The van der Waals surface area contributed by atoms with Crippen LogP contribution in [0.5, 0.6) is 0 Å². The molecule has 1 aliphatic carbocycles. The molecule has 82 valence electrons. The molecule has 0 amide bonds. The zero-order valence-electron chi connectivity index (χ0n) is 9.29. The van der Waals surface area contributed by atoms with Crippen molar-refractivity contribution in [3.05, 3.63) is 0 Å². The molecule has 2 atom stereocenters. The van der Waals surface area contributed by atoms with Crippen molar-refractivity contribution in [2.24, 2.45) is 11.8 Å². The third-order valence-corrected chi connectivity index (χ3v) is 3.16. The van der Waals surface area contributed by atoms with E-state index in [2.05, 4.69) is 6.92 Å². The lowest BCUT2D eigenvalue weighted by Crippen LogP contribution is -2.39. The number of ketones is 1. The van der Waals surface area contributed by atoms with Gasteiger partial charge in [0.2, 0.25) is 0 Å². The molecule has 1 fully saturated rings. The Hall–Kier alpha value is -0.410. The summed E-state index contributed by atoms with van der Waals surface area (Å²) in [5, 5.41) is 0. The Kier molecular flexibility index (Phi) is 4.55. The van der Waals surface area contributed by atoms with Crippen LogP contribution in [-0.2, 0) is 14.3 Å². The van der Waals surface area contributed by atoms with E-state index in [0.717, 1.165) is 19.3 Å². The van der Waals surface area contributed by atoms with Gasteiger partial charge >= 0.3 is 0 Å². The van der Waals surface area contributed by atoms with E-state index in [4.69, 9.17) is 9.47 Å². The first-order chi connectivity index (χ1) is 6.74. The summed E-state index contributed by atoms with van der Waals surface area (Å²) in [6, 6.07) is 0. The molecule has 1 aliphatic rings. The average molecular weight is 200 g/mol. The fraction of sp³-hybridized carbons (Fsp3) is 0.909. The number of hydrogen-bond donors (Lipinski definition) is 0. The highest BCUT2D eigenvalue weighted by Gasteiger charge is 2.37. The molecule has 0 N–H and O–H groups in total. The van der Waals surface area contributed by atoms with Gasteiger partial charge < -0.3 is 9.47 Å². The molecular weight excluding hydrogens is 180 g/mol. The van der Waals surface area contributed by atoms with E-state index in [0.29, 0.717) is 18.1 Å². The minimum atomic E-state index is -0.354. The Balaban J connectivity index is 2.71. The monoisotopic (exact) mass is 200 g/mol. The van der Waals surface area contributed by atoms with E-state index in [1.807, 2.05) is 0 Å². The van der Waals surface area contributed by atoms with E-state index in [9.17, 15) is 4.79 Å². The van der Waals surface area contributed by atoms with Crippen LogP contribution in [0.2, 0.25) is 0 Å². The second-order valence-electron chi connectivity index (χ2n) is 3.89. The molecular formula is C11H20O3. The number of carbonyl (C=O) groups excluding carboxylic acids is 1. The van der Waals surface area contributed by atoms with Crippen LogP contribution in [0.15, 0.2) is 0 Å². The van der Waals surface area contributed by atoms with Crippen LogP contribution in [0.1, 0.15) is 32.6 Å². The molecule has 0 aromatic carbocycles. The SMILES string of the molecule is CC[C@@H]1CCCC(=O)[C@H]1C(OC)OC. The Labute approximate surface area is 85.8 Å². The van der Waals surface area contributed by atoms with Crippen LogP contribution < -0.4 is 0 Å². The molecule has 0 aromatic rings. The maximum absolute atomic E-state index is 11.8. The molecule has 0 aliphatic heterocycles. The van der Waals surface area contributed by atoms with E-state index >= 15 is 0 Å². The molecule has 0 spiro atoms. The molecule has 0 radical (unpaired) electrons. The molecule has 14 heavy (non-hydrogen) atoms. The van der Waals surface area contributed by atoms with Gasteiger partial charge in [0.05, 0.1) is 5.92 Å². The molecule has 3 heteroatoms. The first kappa shape index (κ1) is 11.7. The zero-order chi connectivity index (χ0) is 10.6. The second kappa shape index (κ2) is 5.47. The topological polar surface area (TPSA) is 35.5 Å². The number of rotatable bonds is 4. The van der Waals surface area contributed by atoms with Crippen LogP contribution in [0, 0.1) is 11.8 Å². The molecule has 0 bridgehead atoms. The largest absolute Gasteiger partial charge is 0.355 e. The molecule has 0 unspecified atom stereocenters. The van der Waals surface area contributed by atoms with Crippen molar-refractivity contribution in [3.63, 3.8) is 0 Å². The summed E-state index contributed by atoms with van der Waals surface area (Å²) in [6.07, 6.45) is 3.50. The van der Waals surface area contributed by atoms with Gasteiger partial charge in [-0.25, -0.2) is 0 Å². The van der Waals surface area contributed by atoms with Crippen LogP contribution in [-0.4, -0.2) is 26.3 Å². The van der Waals surface area contributed by atoms with E-state index in [-0.39, 0.29) is 12.2 Å². The highest BCUT2D eigenvalue weighted by atomic mass is 16.7. The Morgan fingerprint density at radius 1 is 1.43 bits per heavy atom. The summed E-state index contributed by atoms with van der Waals surface area (Å²) in [7, 11) is 3.20. The van der Waals surface area contributed by atoms with Crippen molar-refractivity contribution in [1.82, 2.24) is 0 Å². The zero-order valence-corrected chi connectivity index (χ0v) is 9.29. The molecule has 1 rings (SSSR count). The smallest absolute Gasteiger partial charge is 0.166 e. The lowest BCUT2D eigenvalue weighted by molar-refractivity contribution is -0.168. The van der Waals surface area contributed by atoms with Crippen LogP contribution in [0.4, 0.5) is 0 Å². The summed E-state index contributed by atoms with van der Waals surface area (Å²) in [5.74, 6) is 0.682. The van der Waals surface area contributed by atoms with Gasteiger partial charge in [-0.15, -0.1) is 0 Å². The van der Waals surface area contributed by atoms with Gasteiger partial charge in [0, 0.05) is 20.6 Å². The maximum atomic E-state index is 11.8. The van der Waals surface area contributed by atoms with Crippen molar-refractivity contribution in [1.29, 1.82) is 0 Å². The number of Topliss-reactive ketones (excluding diaryl/α,β-unsaturated/α-hetero) is 1. The van der Waals surface area contributed by atoms with Crippen molar-refractivity contribution in [2.75, 3.05) is 14.2 Å². The van der Waals surface area contributed by atoms with E-state index in [1.165, 1.54) is 0 Å². The van der Waals surface area contributed by atoms with Crippen LogP contribution in [0.3, 0.4) is 0 Å². The third kappa shape index (κ3) is 2.34. The number of hydrogen-bond acceptors (Lipinski definition) is 3. The minimum Gasteiger partial charge on any atom is -0.355 e. The van der Waals surface area contributed by atoms with Gasteiger partial charge in [-0.1, -0.05) is 13.3 Å². The van der Waals surface area contributed by atoms with Crippen molar-refractivity contribution >= 4 is 5.78 Å². The number of carbonyl (C=O) groups is 1. The highest BCUT2D eigenvalue weighted by molar-refractivity contribution is 5.82. The van der Waals surface area contributed by atoms with Gasteiger partial charge in [0.15, 0.2) is 6.29 Å². The summed E-state index contributed by atoms with van der Waals surface area (Å²) < 4.78 is 10.4. The lowest BCUT2D eigenvalue weighted by Gasteiger charge is -2.33. The van der Waals surface area contributed by atoms with Crippen molar-refractivity contribution in [2.45, 2.75) is 38.9 Å². The quantitative estimate of drug-likeness (QED) is 0.651. The highest BCUT2D eigenvalue weighted by Crippen LogP contribution is 2.33. The lowest BCUT2D eigenvalue weighted by atomic mass is 9.76. The fourth-order valence-corrected chi connectivity index (χ4v) is 2.37. The summed E-state index contributed by atoms with van der Waals surface area (Å²) in [4.78, 5) is 11.8.